The second kappa shape index (κ2) is 11.5. The van der Waals surface area contributed by atoms with E-state index in [0.29, 0.717) is 11.5 Å². The van der Waals surface area contributed by atoms with Crippen LogP contribution < -0.4 is 5.32 Å². The van der Waals surface area contributed by atoms with Gasteiger partial charge in [0.2, 0.25) is 0 Å². The van der Waals surface area contributed by atoms with Gasteiger partial charge in [0.1, 0.15) is 12.6 Å². The summed E-state index contributed by atoms with van der Waals surface area (Å²) in [4.78, 5) is 32.4. The van der Waals surface area contributed by atoms with Gasteiger partial charge in [0.25, 0.3) is 11.8 Å². The molecule has 0 aromatic carbocycles. The molecule has 3 heterocycles. The summed E-state index contributed by atoms with van der Waals surface area (Å²) in [5.41, 5.74) is 0.00415. The molecule has 14 heteroatoms. The third kappa shape index (κ3) is 6.72. The number of ether oxygens (including phenoxy) is 1. The first-order valence-electron chi connectivity index (χ1n) is 9.00. The first kappa shape index (κ1) is 25.2. The van der Waals surface area contributed by atoms with Gasteiger partial charge in [-0.25, -0.2) is 4.31 Å². The molecule has 2 aliphatic heterocycles. The molecule has 1 unspecified atom stereocenters. The average Bonchev–Trinajstić information content (AvgIpc) is 3.21. The molecule has 0 radical (unpaired) electrons. The van der Waals surface area contributed by atoms with Gasteiger partial charge >= 0.3 is 39.9 Å². The second-order valence-electron chi connectivity index (χ2n) is 6.43. The van der Waals surface area contributed by atoms with Crippen LogP contribution in [0.25, 0.3) is 0 Å². The van der Waals surface area contributed by atoms with E-state index in [4.69, 9.17) is 14.1 Å². The Balaban J connectivity index is 0.00000320. The summed E-state index contributed by atoms with van der Waals surface area (Å²) in [5, 5.41) is 8.12. The molecule has 2 saturated heterocycles. The number of morpholine rings is 1. The maximum absolute atomic E-state index is 12.5. The van der Waals surface area contributed by atoms with Gasteiger partial charge in [-0.2, -0.15) is 8.42 Å². The van der Waals surface area contributed by atoms with E-state index in [9.17, 15) is 18.0 Å². The van der Waals surface area contributed by atoms with Crippen molar-refractivity contribution in [1.82, 2.24) is 14.5 Å². The first-order chi connectivity index (χ1) is 13.9. The molecule has 2 fully saturated rings. The van der Waals surface area contributed by atoms with Crippen LogP contribution in [-0.4, -0.2) is 121 Å². The molecule has 1 aromatic heterocycles. The van der Waals surface area contributed by atoms with Crippen LogP contribution in [0.3, 0.4) is 0 Å². The van der Waals surface area contributed by atoms with E-state index in [1.807, 2.05) is 0 Å². The monoisotopic (exact) mass is 470 g/mol. The van der Waals surface area contributed by atoms with Gasteiger partial charge in [0, 0.05) is 19.6 Å². The molecule has 30 heavy (non-hydrogen) atoms. The predicted octanol–water partition coefficient (Wildman–Crippen LogP) is -1.33. The fourth-order valence-corrected chi connectivity index (χ4v) is 4.23. The Kier molecular flexibility index (Phi) is 9.68. The van der Waals surface area contributed by atoms with Crippen LogP contribution in [0.15, 0.2) is 22.7 Å². The van der Waals surface area contributed by atoms with E-state index >= 15 is 0 Å². The number of hydrogen-bond donors (Lipinski definition) is 2. The number of nitrogens with zero attached hydrogens (tertiary/aromatic N) is 3. The maximum atomic E-state index is 12.5. The average molecular weight is 471 g/mol. The van der Waals surface area contributed by atoms with Crippen LogP contribution in [0.4, 0.5) is 0 Å². The molecule has 2 N–H and O–H groups in total. The topological polar surface area (TPSA) is 138 Å². The molecular formula is C16H23N4NaO7S2. The van der Waals surface area contributed by atoms with Gasteiger partial charge in [0.15, 0.2) is 5.71 Å². The van der Waals surface area contributed by atoms with Crippen LogP contribution in [0, 0.1) is 0 Å². The first-order valence-corrected chi connectivity index (χ1v) is 11.3. The Morgan fingerprint density at radius 1 is 1.40 bits per heavy atom. The molecule has 11 nitrogen and oxygen atoms in total. The number of oxime groups is 1. The molecule has 0 aliphatic carbocycles. The van der Waals surface area contributed by atoms with Crippen molar-refractivity contribution >= 4 is 68.7 Å². The summed E-state index contributed by atoms with van der Waals surface area (Å²) >= 11 is 1.28. The van der Waals surface area contributed by atoms with E-state index in [-0.39, 0.29) is 46.1 Å². The molecule has 3 rings (SSSR count). The van der Waals surface area contributed by atoms with Gasteiger partial charge < -0.3 is 14.9 Å². The molecular weight excluding hydrogens is 447 g/mol. The van der Waals surface area contributed by atoms with Gasteiger partial charge in [-0.05, 0) is 17.9 Å². The summed E-state index contributed by atoms with van der Waals surface area (Å²) in [5.74, 6) is -1.56. The Labute approximate surface area is 200 Å². The third-order valence-corrected chi connectivity index (χ3v) is 6.18. The van der Waals surface area contributed by atoms with Gasteiger partial charge in [-0.15, -0.1) is 11.3 Å². The minimum absolute atomic E-state index is 0. The zero-order chi connectivity index (χ0) is 20.9. The van der Waals surface area contributed by atoms with Crippen molar-refractivity contribution in [1.29, 1.82) is 0 Å². The summed E-state index contributed by atoms with van der Waals surface area (Å²) in [7, 11) is -4.61. The number of hydrogen-bond acceptors (Lipinski definition) is 9. The Hall–Kier alpha value is -1.06. The number of β-lactam (4-membered cyclic amide) rings is 1. The van der Waals surface area contributed by atoms with Crippen molar-refractivity contribution in [3.8, 4) is 0 Å². The van der Waals surface area contributed by atoms with Crippen LogP contribution in [0.5, 0.6) is 0 Å². The van der Waals surface area contributed by atoms with Crippen LogP contribution in [0.2, 0.25) is 0 Å². The zero-order valence-corrected chi connectivity index (χ0v) is 17.2. The van der Waals surface area contributed by atoms with Crippen molar-refractivity contribution in [2.45, 2.75) is 12.5 Å². The standard InChI is InChI=1S/C16H22N4O7S2.Na.H/c21-15(17-12-11-20(16(12)22)29(23,24)25)14(13-3-1-10-28-13)18-27-7-2-4-19-5-8-26-9-6-19;;/h1,3,10,12H,2,4-9,11H2,(H,17,21)(H,23,24,25);;. The fraction of sp³-hybridized carbons (Fsp3) is 0.562. The predicted molar refractivity (Wildman–Crippen MR) is 111 cm³/mol. The van der Waals surface area contributed by atoms with Crippen LogP contribution in [-0.2, 0) is 29.5 Å². The Morgan fingerprint density at radius 3 is 2.73 bits per heavy atom. The van der Waals surface area contributed by atoms with Crippen molar-refractivity contribution in [3.05, 3.63) is 22.4 Å². The van der Waals surface area contributed by atoms with Crippen molar-refractivity contribution < 1.29 is 32.1 Å². The molecule has 2 aliphatic rings. The minimum atomic E-state index is -4.61. The summed E-state index contributed by atoms with van der Waals surface area (Å²) in [6.45, 7) is 4.01. The molecule has 0 saturated carbocycles. The summed E-state index contributed by atoms with van der Waals surface area (Å²) < 4.78 is 36.4. The third-order valence-electron chi connectivity index (χ3n) is 4.42. The van der Waals surface area contributed by atoms with Crippen molar-refractivity contribution in [2.75, 3.05) is 46.0 Å². The molecule has 2 amide bonds. The number of rotatable bonds is 9. The molecule has 162 valence electrons. The van der Waals surface area contributed by atoms with Gasteiger partial charge in [-0.3, -0.25) is 19.0 Å². The van der Waals surface area contributed by atoms with Crippen LogP contribution in [0.1, 0.15) is 11.3 Å². The van der Waals surface area contributed by atoms with Crippen molar-refractivity contribution in [2.24, 2.45) is 5.16 Å². The zero-order valence-electron chi connectivity index (χ0n) is 15.5. The van der Waals surface area contributed by atoms with E-state index < -0.39 is 28.2 Å². The van der Waals surface area contributed by atoms with Crippen LogP contribution >= 0.6 is 11.3 Å². The number of carbonyl (C=O) groups is 2. The SMILES string of the molecule is O=C(NC1CN(S(=O)(=O)O)C1=O)C(=NOCCCN1CCOCC1)c1cccs1.[NaH]. The quantitative estimate of drug-likeness (QED) is 0.113. The number of thiophene rings is 1. The summed E-state index contributed by atoms with van der Waals surface area (Å²) in [6, 6.07) is 2.39. The molecule has 1 atom stereocenters. The summed E-state index contributed by atoms with van der Waals surface area (Å²) in [6.07, 6.45) is 0.729. The second-order valence-corrected chi connectivity index (χ2v) is 8.72. The Bertz CT molecular complexity index is 857. The normalized spacial score (nSPS) is 20.3. The number of carbonyl (C=O) groups excluding carboxylic acids is 2. The van der Waals surface area contributed by atoms with E-state index in [0.717, 1.165) is 39.3 Å². The van der Waals surface area contributed by atoms with E-state index in [1.165, 1.54) is 11.3 Å². The van der Waals surface area contributed by atoms with E-state index in [2.05, 4.69) is 15.4 Å². The molecule has 0 bridgehead atoms. The fourth-order valence-electron chi connectivity index (χ4n) is 2.84. The van der Waals surface area contributed by atoms with Gasteiger partial charge in [-0.1, -0.05) is 11.2 Å². The molecule has 0 spiro atoms. The van der Waals surface area contributed by atoms with Gasteiger partial charge in [0.05, 0.1) is 24.6 Å². The number of amides is 2. The Morgan fingerprint density at radius 2 is 2.13 bits per heavy atom. The number of nitrogens with one attached hydrogen (secondary N) is 1. The van der Waals surface area contributed by atoms with Crippen molar-refractivity contribution in [3.63, 3.8) is 0 Å². The molecule has 1 aromatic rings. The van der Waals surface area contributed by atoms with E-state index in [1.54, 1.807) is 17.5 Å².